The average molecular weight is 284 g/mol. The van der Waals surface area contributed by atoms with Crippen molar-refractivity contribution < 1.29 is 9.53 Å². The predicted molar refractivity (Wildman–Crippen MR) is 79.1 cm³/mol. The van der Waals surface area contributed by atoms with Crippen molar-refractivity contribution in [3.63, 3.8) is 0 Å². The maximum Gasteiger partial charge on any atom is 0.252 e. The summed E-state index contributed by atoms with van der Waals surface area (Å²) in [5.41, 5.74) is 0.494. The maximum absolute atomic E-state index is 10.9. The fourth-order valence-corrected chi connectivity index (χ4v) is 1.87. The fraction of sp³-hybridized carbons (Fsp3) is 0.533. The van der Waals surface area contributed by atoms with Gasteiger partial charge >= 0.3 is 0 Å². The molecule has 0 saturated heterocycles. The number of rotatable bonds is 9. The number of benzene rings is 1. The zero-order valence-electron chi connectivity index (χ0n) is 11.7. The number of unbranched alkanes of at least 4 members (excludes halogenated alkanes) is 1. The Morgan fingerprint density at radius 1 is 1.21 bits per heavy atom. The lowest BCUT2D eigenvalue weighted by Crippen LogP contribution is -2.22. The number of hydrogen-bond acceptors (Lipinski definition) is 3. The van der Waals surface area contributed by atoms with E-state index in [9.17, 15) is 4.79 Å². The highest BCUT2D eigenvalue weighted by atomic mass is 35.5. The summed E-state index contributed by atoms with van der Waals surface area (Å²) >= 11 is 5.37. The van der Waals surface area contributed by atoms with Crippen LogP contribution in [0.15, 0.2) is 24.3 Å². The molecular weight excluding hydrogens is 262 g/mol. The summed E-state index contributed by atoms with van der Waals surface area (Å²) in [5, 5.41) is -0.441. The van der Waals surface area contributed by atoms with Gasteiger partial charge in [-0.15, -0.1) is 0 Å². The molecule has 0 unspecified atom stereocenters. The summed E-state index contributed by atoms with van der Waals surface area (Å²) in [5.74, 6) is 0.776. The van der Waals surface area contributed by atoms with Crippen LogP contribution in [-0.2, 0) is 0 Å². The van der Waals surface area contributed by atoms with E-state index in [0.29, 0.717) is 12.2 Å². The van der Waals surface area contributed by atoms with Gasteiger partial charge in [0.15, 0.2) is 0 Å². The first-order valence-electron chi connectivity index (χ1n) is 6.74. The molecule has 3 nitrogen and oxygen atoms in total. The summed E-state index contributed by atoms with van der Waals surface area (Å²) in [6.07, 6.45) is 3.47. The zero-order chi connectivity index (χ0) is 14.1. The van der Waals surface area contributed by atoms with E-state index >= 15 is 0 Å². The molecule has 0 amide bonds. The molecule has 0 fully saturated rings. The van der Waals surface area contributed by atoms with Crippen molar-refractivity contribution in [1.29, 1.82) is 0 Å². The predicted octanol–water partition coefficient (Wildman–Crippen LogP) is 3.57. The quantitative estimate of drug-likeness (QED) is 0.513. The van der Waals surface area contributed by atoms with Gasteiger partial charge in [-0.3, -0.25) is 4.79 Å². The molecule has 0 N–H and O–H groups in total. The van der Waals surface area contributed by atoms with E-state index in [1.807, 2.05) is 0 Å². The van der Waals surface area contributed by atoms with Gasteiger partial charge in [-0.2, -0.15) is 0 Å². The second kappa shape index (κ2) is 8.94. The van der Waals surface area contributed by atoms with E-state index in [0.717, 1.165) is 25.3 Å². The molecule has 0 radical (unpaired) electrons. The van der Waals surface area contributed by atoms with Crippen molar-refractivity contribution in [2.75, 3.05) is 26.7 Å². The van der Waals surface area contributed by atoms with Crippen LogP contribution in [0.3, 0.4) is 0 Å². The molecular formula is C15H22ClNO2. The Kier molecular flexibility index (Phi) is 7.53. The minimum Gasteiger partial charge on any atom is -0.494 e. The van der Waals surface area contributed by atoms with E-state index in [4.69, 9.17) is 16.3 Å². The Morgan fingerprint density at radius 3 is 2.42 bits per heavy atom. The van der Waals surface area contributed by atoms with Crippen LogP contribution in [0.1, 0.15) is 36.5 Å². The molecule has 0 aliphatic carbocycles. The SMILES string of the molecule is CCCCN(C)CCCOc1ccc(C(=O)Cl)cc1. The summed E-state index contributed by atoms with van der Waals surface area (Å²) in [7, 11) is 2.14. The third-order valence-corrected chi connectivity index (χ3v) is 3.15. The molecule has 0 atom stereocenters. The lowest BCUT2D eigenvalue weighted by atomic mass is 10.2. The van der Waals surface area contributed by atoms with Crippen molar-refractivity contribution in [1.82, 2.24) is 4.90 Å². The van der Waals surface area contributed by atoms with E-state index in [1.165, 1.54) is 12.8 Å². The number of nitrogens with zero attached hydrogens (tertiary/aromatic N) is 1. The summed E-state index contributed by atoms with van der Waals surface area (Å²) in [4.78, 5) is 13.2. The summed E-state index contributed by atoms with van der Waals surface area (Å²) in [6.45, 7) is 5.07. The third-order valence-electron chi connectivity index (χ3n) is 2.93. The van der Waals surface area contributed by atoms with Gasteiger partial charge < -0.3 is 9.64 Å². The largest absolute Gasteiger partial charge is 0.494 e. The third kappa shape index (κ3) is 6.60. The molecule has 0 aromatic heterocycles. The molecule has 0 bridgehead atoms. The van der Waals surface area contributed by atoms with E-state index in [1.54, 1.807) is 24.3 Å². The van der Waals surface area contributed by atoms with Crippen molar-refractivity contribution >= 4 is 16.8 Å². The Labute approximate surface area is 120 Å². The number of ether oxygens (including phenoxy) is 1. The molecule has 0 saturated carbocycles. The normalized spacial score (nSPS) is 10.7. The van der Waals surface area contributed by atoms with Crippen LogP contribution in [0.25, 0.3) is 0 Å². The van der Waals surface area contributed by atoms with Gasteiger partial charge in [0.1, 0.15) is 5.75 Å². The van der Waals surface area contributed by atoms with Gasteiger partial charge in [-0.1, -0.05) is 13.3 Å². The van der Waals surface area contributed by atoms with E-state index in [2.05, 4.69) is 18.9 Å². The van der Waals surface area contributed by atoms with Crippen LogP contribution in [0.5, 0.6) is 5.75 Å². The maximum atomic E-state index is 10.9. The number of carbonyl (C=O) groups is 1. The molecule has 0 spiro atoms. The lowest BCUT2D eigenvalue weighted by molar-refractivity contribution is 0.108. The van der Waals surface area contributed by atoms with Crippen LogP contribution < -0.4 is 4.74 Å². The van der Waals surface area contributed by atoms with Crippen LogP contribution >= 0.6 is 11.6 Å². The van der Waals surface area contributed by atoms with Crippen molar-refractivity contribution in [3.05, 3.63) is 29.8 Å². The van der Waals surface area contributed by atoms with Gasteiger partial charge in [-0.05, 0) is 62.3 Å². The van der Waals surface area contributed by atoms with Crippen LogP contribution in [0, 0.1) is 0 Å². The highest BCUT2D eigenvalue weighted by Gasteiger charge is 2.02. The smallest absolute Gasteiger partial charge is 0.252 e. The summed E-state index contributed by atoms with van der Waals surface area (Å²) < 4.78 is 5.61. The highest BCUT2D eigenvalue weighted by Crippen LogP contribution is 2.13. The minimum atomic E-state index is -0.441. The molecule has 106 valence electrons. The lowest BCUT2D eigenvalue weighted by Gasteiger charge is -2.16. The standard InChI is InChI=1S/C15H22ClNO2/c1-3-4-10-17(2)11-5-12-19-14-8-6-13(7-9-14)15(16)18/h6-9H,3-5,10-12H2,1-2H3. The Balaban J connectivity index is 2.20. The van der Waals surface area contributed by atoms with Crippen LogP contribution in [0.2, 0.25) is 0 Å². The molecule has 4 heteroatoms. The van der Waals surface area contributed by atoms with E-state index < -0.39 is 5.24 Å². The summed E-state index contributed by atoms with van der Waals surface area (Å²) in [6, 6.07) is 6.91. The van der Waals surface area contributed by atoms with Gasteiger partial charge in [-0.25, -0.2) is 0 Å². The van der Waals surface area contributed by atoms with Gasteiger partial charge in [0.25, 0.3) is 5.24 Å². The van der Waals surface area contributed by atoms with Crippen molar-refractivity contribution in [2.24, 2.45) is 0 Å². The van der Waals surface area contributed by atoms with Crippen LogP contribution in [-0.4, -0.2) is 36.9 Å². The fourth-order valence-electron chi connectivity index (χ4n) is 1.75. The second-order valence-corrected chi connectivity index (χ2v) is 5.00. The van der Waals surface area contributed by atoms with Gasteiger partial charge in [0.2, 0.25) is 0 Å². The number of hydrogen-bond donors (Lipinski definition) is 0. The molecule has 1 rings (SSSR count). The molecule has 0 aliphatic heterocycles. The molecule has 0 heterocycles. The average Bonchev–Trinajstić information content (AvgIpc) is 2.41. The highest BCUT2D eigenvalue weighted by molar-refractivity contribution is 6.67. The first-order chi connectivity index (χ1) is 9.13. The monoisotopic (exact) mass is 283 g/mol. The van der Waals surface area contributed by atoms with Crippen molar-refractivity contribution in [2.45, 2.75) is 26.2 Å². The first kappa shape index (κ1) is 16.0. The first-order valence-corrected chi connectivity index (χ1v) is 7.12. The number of halogens is 1. The Morgan fingerprint density at radius 2 is 1.84 bits per heavy atom. The Hall–Kier alpha value is -1.06. The van der Waals surface area contributed by atoms with E-state index in [-0.39, 0.29) is 0 Å². The number of carbonyl (C=O) groups excluding carboxylic acids is 1. The van der Waals surface area contributed by atoms with Crippen LogP contribution in [0.4, 0.5) is 0 Å². The van der Waals surface area contributed by atoms with Crippen molar-refractivity contribution in [3.8, 4) is 5.75 Å². The molecule has 0 aliphatic rings. The second-order valence-electron chi connectivity index (χ2n) is 4.66. The van der Waals surface area contributed by atoms with Gasteiger partial charge in [0.05, 0.1) is 6.61 Å². The topological polar surface area (TPSA) is 29.5 Å². The minimum absolute atomic E-state index is 0.441. The zero-order valence-corrected chi connectivity index (χ0v) is 12.4. The molecule has 1 aromatic rings. The Bertz CT molecular complexity index is 378. The molecule has 19 heavy (non-hydrogen) atoms. The van der Waals surface area contributed by atoms with Gasteiger partial charge in [0, 0.05) is 12.1 Å². The molecule has 1 aromatic carbocycles.